The molecule has 3 aliphatic rings. The Hall–Kier alpha value is -3.28. The first-order valence-electron chi connectivity index (χ1n) is 15.3. The van der Waals surface area contributed by atoms with Crippen LogP contribution in [0.3, 0.4) is 0 Å². The number of allylic oxidation sites excluding steroid dienone is 5. The van der Waals surface area contributed by atoms with Gasteiger partial charge in [-0.05, 0) is 76.9 Å². The quantitative estimate of drug-likeness (QED) is 0.153. The third-order valence-electron chi connectivity index (χ3n) is 8.27. The normalized spacial score (nSPS) is 18.1. The van der Waals surface area contributed by atoms with Gasteiger partial charge in [0.2, 0.25) is 5.91 Å². The van der Waals surface area contributed by atoms with Crippen molar-refractivity contribution in [3.63, 3.8) is 0 Å². The van der Waals surface area contributed by atoms with Crippen LogP contribution in [0.1, 0.15) is 56.1 Å². The van der Waals surface area contributed by atoms with Crippen LogP contribution >= 0.6 is 21.6 Å². The molecule has 1 N–H and O–H groups in total. The summed E-state index contributed by atoms with van der Waals surface area (Å²) in [5, 5.41) is 3.90. The highest BCUT2D eigenvalue weighted by Gasteiger charge is 2.19. The monoisotopic (exact) mass is 591 g/mol. The van der Waals surface area contributed by atoms with Crippen molar-refractivity contribution in [2.45, 2.75) is 50.2 Å². The van der Waals surface area contributed by atoms with Gasteiger partial charge in [-0.2, -0.15) is 0 Å². The fourth-order valence-electron chi connectivity index (χ4n) is 5.94. The molecule has 0 radical (unpaired) electrons. The Morgan fingerprint density at radius 3 is 2.12 bits per heavy atom. The van der Waals surface area contributed by atoms with Crippen molar-refractivity contribution in [2.24, 2.45) is 0 Å². The molecule has 5 heteroatoms. The molecular weight excluding hydrogens is 553 g/mol. The number of carbonyl (C=O) groups is 1. The molecule has 0 spiro atoms. The zero-order valence-corrected chi connectivity index (χ0v) is 25.8. The molecule has 0 aromatic heterocycles. The van der Waals surface area contributed by atoms with E-state index in [9.17, 15) is 4.79 Å². The predicted octanol–water partition coefficient (Wildman–Crippen LogP) is 9.18. The van der Waals surface area contributed by atoms with Gasteiger partial charge in [0.1, 0.15) is 13.1 Å². The van der Waals surface area contributed by atoms with E-state index >= 15 is 0 Å². The van der Waals surface area contributed by atoms with Crippen LogP contribution < -0.4 is 5.32 Å². The van der Waals surface area contributed by atoms with Crippen LogP contribution in [0.5, 0.6) is 0 Å². The second-order valence-corrected chi connectivity index (χ2v) is 14.0. The summed E-state index contributed by atoms with van der Waals surface area (Å²) >= 11 is 0. The number of nitrogens with one attached hydrogen (secondary N) is 1. The average Bonchev–Trinajstić information content (AvgIpc) is 3.77. The number of unbranched alkanes of at least 4 members (excludes halogenated alkanes) is 1. The molecule has 214 valence electrons. The molecule has 2 aliphatic heterocycles. The Bertz CT molecular complexity index is 1470. The zero-order chi connectivity index (χ0) is 28.6. The van der Waals surface area contributed by atoms with Gasteiger partial charge in [0.25, 0.3) is 0 Å². The predicted molar refractivity (Wildman–Crippen MR) is 182 cm³/mol. The molecule has 1 amide bonds. The Morgan fingerprint density at radius 2 is 1.45 bits per heavy atom. The molecule has 3 aromatic carbocycles. The van der Waals surface area contributed by atoms with Gasteiger partial charge in [-0.1, -0.05) is 94.7 Å². The van der Waals surface area contributed by atoms with E-state index in [1.807, 2.05) is 33.7 Å². The molecule has 0 saturated carbocycles. The topological polar surface area (TPSA) is 32.1 Å². The molecule has 2 heterocycles. The van der Waals surface area contributed by atoms with Gasteiger partial charge in [0.05, 0.1) is 0 Å². The van der Waals surface area contributed by atoms with Gasteiger partial charge in [-0.25, -0.2) is 4.58 Å². The van der Waals surface area contributed by atoms with E-state index in [4.69, 9.17) is 0 Å². The molecule has 1 unspecified atom stereocenters. The molecule has 6 rings (SSSR count). The molecule has 3 aromatic rings. The number of anilines is 1. The second kappa shape index (κ2) is 14.3. The maximum atomic E-state index is 12.6. The first-order chi connectivity index (χ1) is 20.7. The number of rotatable bonds is 9. The van der Waals surface area contributed by atoms with Gasteiger partial charge >= 0.3 is 0 Å². The molecule has 3 nitrogen and oxygen atoms in total. The number of benzene rings is 3. The van der Waals surface area contributed by atoms with Crippen molar-refractivity contribution in [1.82, 2.24) is 0 Å². The summed E-state index contributed by atoms with van der Waals surface area (Å²) in [6.07, 6.45) is 16.8. The first kappa shape index (κ1) is 28.8. The highest BCUT2D eigenvalue weighted by Crippen LogP contribution is 2.40. The van der Waals surface area contributed by atoms with Crippen LogP contribution in [0, 0.1) is 0 Å². The first-order valence-corrected chi connectivity index (χ1v) is 17.7. The van der Waals surface area contributed by atoms with Crippen molar-refractivity contribution in [3.8, 4) is 11.1 Å². The average molecular weight is 592 g/mol. The van der Waals surface area contributed by atoms with E-state index in [2.05, 4.69) is 101 Å². The molecular formula is C37H39N2OS2+. The third-order valence-corrected chi connectivity index (χ3v) is 11.3. The van der Waals surface area contributed by atoms with E-state index in [0.29, 0.717) is 6.42 Å². The smallest absolute Gasteiger partial charge is 0.224 e. The largest absolute Gasteiger partial charge is 0.326 e. The Morgan fingerprint density at radius 1 is 0.786 bits per heavy atom. The third kappa shape index (κ3) is 7.37. The minimum Gasteiger partial charge on any atom is -0.326 e. The van der Waals surface area contributed by atoms with Gasteiger partial charge in [0.15, 0.2) is 5.71 Å². The van der Waals surface area contributed by atoms with Crippen LogP contribution in [0.4, 0.5) is 5.69 Å². The Labute approximate surface area is 258 Å². The number of amides is 1. The number of hydrogen-bond donors (Lipinski definition) is 1. The summed E-state index contributed by atoms with van der Waals surface area (Å²) in [6, 6.07) is 27.7. The van der Waals surface area contributed by atoms with Gasteiger partial charge in [0, 0.05) is 48.1 Å². The fraction of sp³-hybridized carbons (Fsp3) is 0.297. The molecule has 42 heavy (non-hydrogen) atoms. The van der Waals surface area contributed by atoms with E-state index in [1.165, 1.54) is 65.0 Å². The van der Waals surface area contributed by atoms with Crippen LogP contribution in [0.25, 0.3) is 16.7 Å². The van der Waals surface area contributed by atoms with Crippen molar-refractivity contribution >= 4 is 44.5 Å². The van der Waals surface area contributed by atoms with Crippen LogP contribution in [0.2, 0.25) is 0 Å². The second-order valence-electron chi connectivity index (χ2n) is 11.3. The fourth-order valence-corrected chi connectivity index (χ4v) is 8.97. The van der Waals surface area contributed by atoms with Gasteiger partial charge < -0.3 is 5.32 Å². The van der Waals surface area contributed by atoms with Crippen molar-refractivity contribution in [3.05, 3.63) is 120 Å². The highest BCUT2D eigenvalue weighted by molar-refractivity contribution is 8.77. The summed E-state index contributed by atoms with van der Waals surface area (Å²) in [5.74, 6) is 1.38. The molecule has 2 fully saturated rings. The summed E-state index contributed by atoms with van der Waals surface area (Å²) in [4.78, 5) is 12.6. The molecule has 2 saturated heterocycles. The van der Waals surface area contributed by atoms with Crippen molar-refractivity contribution in [2.75, 3.05) is 24.2 Å². The minimum atomic E-state index is 0.106. The Balaban J connectivity index is 1.19. The molecule has 1 atom stereocenters. The SMILES string of the molecule is O=C(CCCCC1CCSS1)Nc1ccc(C(=C2C=CC(=[N+]3CCCC3)C=C2)c2ccc(-c3ccccc3)cc2)cc1. The summed E-state index contributed by atoms with van der Waals surface area (Å²) in [5.41, 5.74) is 9.30. The standard InChI is InChI=1S/C37H38N2OS2/c40-36(11-5-4-10-35-24-27-41-42-35)38-33-20-16-31(17-21-33)37(32-18-22-34(23-19-32)39-25-6-7-26-39)30-14-12-29(13-15-30)28-8-2-1-3-9-28/h1-3,8-9,12-23,35H,4-7,10-11,24-27H2/p+1. The number of nitrogens with zero attached hydrogens (tertiary/aromatic N) is 1. The minimum absolute atomic E-state index is 0.106. The summed E-state index contributed by atoms with van der Waals surface area (Å²) < 4.78 is 2.47. The maximum absolute atomic E-state index is 12.6. The van der Waals surface area contributed by atoms with Crippen molar-refractivity contribution < 1.29 is 9.37 Å². The lowest BCUT2D eigenvalue weighted by molar-refractivity contribution is -0.504. The zero-order valence-electron chi connectivity index (χ0n) is 24.1. The highest BCUT2D eigenvalue weighted by atomic mass is 33.1. The lowest BCUT2D eigenvalue weighted by Gasteiger charge is -2.15. The van der Waals surface area contributed by atoms with E-state index in [0.717, 1.165) is 42.4 Å². The lowest BCUT2D eigenvalue weighted by Crippen LogP contribution is -2.15. The van der Waals surface area contributed by atoms with Gasteiger partial charge in [-0.15, -0.1) is 0 Å². The molecule has 0 bridgehead atoms. The van der Waals surface area contributed by atoms with Crippen LogP contribution in [-0.2, 0) is 4.79 Å². The summed E-state index contributed by atoms with van der Waals surface area (Å²) in [6.45, 7) is 2.28. The van der Waals surface area contributed by atoms with E-state index < -0.39 is 0 Å². The number of hydrogen-bond acceptors (Lipinski definition) is 3. The van der Waals surface area contributed by atoms with Crippen LogP contribution in [0.15, 0.2) is 109 Å². The number of carbonyl (C=O) groups excluding carboxylic acids is 1. The van der Waals surface area contributed by atoms with Crippen molar-refractivity contribution in [1.29, 1.82) is 0 Å². The van der Waals surface area contributed by atoms with E-state index in [1.54, 1.807) is 0 Å². The van der Waals surface area contributed by atoms with Crippen LogP contribution in [-0.4, -0.2) is 40.3 Å². The summed E-state index contributed by atoms with van der Waals surface area (Å²) in [7, 11) is 4.01. The Kier molecular flexibility index (Phi) is 9.79. The molecule has 1 aliphatic carbocycles. The maximum Gasteiger partial charge on any atom is 0.224 e. The lowest BCUT2D eigenvalue weighted by atomic mass is 9.89. The van der Waals surface area contributed by atoms with E-state index in [-0.39, 0.29) is 5.91 Å². The van der Waals surface area contributed by atoms with Gasteiger partial charge in [-0.3, -0.25) is 4.79 Å².